The van der Waals surface area contributed by atoms with Crippen molar-refractivity contribution in [1.82, 2.24) is 4.90 Å². The van der Waals surface area contributed by atoms with Crippen LogP contribution in [0.4, 0.5) is 21.5 Å². The highest BCUT2D eigenvalue weighted by Gasteiger charge is 2.71. The number of benzene rings is 3. The molecule has 3 aliphatic heterocycles. The Morgan fingerprint density at radius 1 is 1.18 bits per heavy atom. The summed E-state index contributed by atoms with van der Waals surface area (Å²) in [6, 6.07) is 11.5. The van der Waals surface area contributed by atoms with E-state index in [-0.39, 0.29) is 34.3 Å². The summed E-state index contributed by atoms with van der Waals surface area (Å²) >= 11 is 12.6. The lowest BCUT2D eigenvalue weighted by Crippen LogP contribution is -2.54. The van der Waals surface area contributed by atoms with Crippen LogP contribution in [0.15, 0.2) is 48.5 Å². The van der Waals surface area contributed by atoms with Crippen molar-refractivity contribution in [2.75, 3.05) is 30.4 Å². The number of nitrogens with zero attached hydrogens (tertiary/aromatic N) is 3. The number of amides is 2. The lowest BCUT2D eigenvalue weighted by atomic mass is 9.71. The molecule has 1 N–H and O–H groups in total. The van der Waals surface area contributed by atoms with Crippen molar-refractivity contribution in [2.24, 2.45) is 11.8 Å². The average molecular weight is 653 g/mol. The van der Waals surface area contributed by atoms with Gasteiger partial charge in [-0.15, -0.1) is 0 Å². The second-order valence-electron chi connectivity index (χ2n) is 12.1. The maximum absolute atomic E-state index is 16.1. The molecule has 0 radical (unpaired) electrons. The number of methoxy groups -OCH3 is 1. The van der Waals surface area contributed by atoms with E-state index in [1.807, 2.05) is 4.90 Å². The molecule has 1 aliphatic carbocycles. The van der Waals surface area contributed by atoms with Crippen LogP contribution < -0.4 is 10.2 Å². The number of ether oxygens (including phenoxy) is 1. The average Bonchev–Trinajstić information content (AvgIpc) is 3.63. The van der Waals surface area contributed by atoms with Crippen molar-refractivity contribution < 1.29 is 28.4 Å². The third-order valence-electron chi connectivity index (χ3n) is 9.67. The van der Waals surface area contributed by atoms with Gasteiger partial charge >= 0.3 is 5.97 Å². The van der Waals surface area contributed by atoms with Gasteiger partial charge in [0.15, 0.2) is 0 Å². The van der Waals surface area contributed by atoms with Crippen molar-refractivity contribution in [1.29, 1.82) is 0 Å². The van der Waals surface area contributed by atoms with Gasteiger partial charge in [-0.25, -0.2) is 9.18 Å². The predicted molar refractivity (Wildman–Crippen MR) is 164 cm³/mol. The summed E-state index contributed by atoms with van der Waals surface area (Å²) in [6.07, 6.45) is 1.87. The molecule has 2 saturated heterocycles. The fourth-order valence-corrected chi connectivity index (χ4v) is 7.96. The summed E-state index contributed by atoms with van der Waals surface area (Å²) in [5.41, 5.74) is -0.338. The quantitative estimate of drug-likeness (QED) is 0.202. The molecule has 2 amide bonds. The van der Waals surface area contributed by atoms with Crippen LogP contribution in [0.5, 0.6) is 0 Å². The largest absolute Gasteiger partial charge is 0.465 e. The van der Waals surface area contributed by atoms with Gasteiger partial charge in [0, 0.05) is 47.4 Å². The highest BCUT2D eigenvalue weighted by molar-refractivity contribution is 6.31. The monoisotopic (exact) mass is 652 g/mol. The van der Waals surface area contributed by atoms with E-state index in [4.69, 9.17) is 27.9 Å². The van der Waals surface area contributed by atoms with Gasteiger partial charge in [-0.2, -0.15) is 0 Å². The van der Waals surface area contributed by atoms with Crippen LogP contribution in [0.3, 0.4) is 0 Å². The number of carbonyl (C=O) groups excluding carboxylic acids is 3. The number of carbonyl (C=O) groups is 3. The number of halogens is 3. The van der Waals surface area contributed by atoms with Gasteiger partial charge in [-0.1, -0.05) is 41.4 Å². The number of anilines is 2. The molecule has 0 bridgehead atoms. The number of aryl methyl sites for hydroxylation is 1. The Bertz CT molecular complexity index is 1830. The number of likely N-dealkylation sites (tertiary alicyclic amines) is 1. The third kappa shape index (κ3) is 4.28. The van der Waals surface area contributed by atoms with Crippen molar-refractivity contribution >= 4 is 58.0 Å². The molecule has 1 saturated carbocycles. The summed E-state index contributed by atoms with van der Waals surface area (Å²) in [4.78, 5) is 56.3. The van der Waals surface area contributed by atoms with Gasteiger partial charge in [0.25, 0.3) is 5.69 Å². The smallest absolute Gasteiger partial charge is 0.338 e. The summed E-state index contributed by atoms with van der Waals surface area (Å²) in [7, 11) is 1.18. The van der Waals surface area contributed by atoms with Crippen molar-refractivity contribution in [3.8, 4) is 0 Å². The van der Waals surface area contributed by atoms with E-state index < -0.39 is 57.6 Å². The van der Waals surface area contributed by atoms with Crippen LogP contribution in [0, 0.1) is 34.7 Å². The molecule has 1 spiro atoms. The zero-order valence-electron chi connectivity index (χ0n) is 24.2. The molecule has 0 unspecified atom stereocenters. The van der Waals surface area contributed by atoms with Gasteiger partial charge < -0.3 is 15.0 Å². The topological polar surface area (TPSA) is 122 Å². The summed E-state index contributed by atoms with van der Waals surface area (Å²) in [5, 5.41) is 15.5. The molecule has 3 heterocycles. The predicted octanol–water partition coefficient (Wildman–Crippen LogP) is 5.82. The Balaban J connectivity index is 1.44. The third-order valence-corrected chi connectivity index (χ3v) is 10.2. The molecule has 3 aromatic carbocycles. The molecule has 3 aromatic rings. The molecule has 13 heteroatoms. The summed E-state index contributed by atoms with van der Waals surface area (Å²) in [6.45, 7) is 2.06. The van der Waals surface area contributed by atoms with Crippen LogP contribution in [-0.2, 0) is 19.9 Å². The fraction of sp³-hybridized carbons (Fsp3) is 0.344. The van der Waals surface area contributed by atoms with E-state index in [1.165, 1.54) is 24.1 Å². The maximum Gasteiger partial charge on any atom is 0.338 e. The molecule has 4 aliphatic rings. The van der Waals surface area contributed by atoms with E-state index in [0.717, 1.165) is 18.9 Å². The second kappa shape index (κ2) is 10.5. The number of nitro benzene ring substituents is 1. The van der Waals surface area contributed by atoms with E-state index in [2.05, 4.69) is 5.32 Å². The van der Waals surface area contributed by atoms with Crippen LogP contribution in [0.2, 0.25) is 10.0 Å². The summed E-state index contributed by atoms with van der Waals surface area (Å²) < 4.78 is 20.9. The molecule has 45 heavy (non-hydrogen) atoms. The molecule has 3 fully saturated rings. The Morgan fingerprint density at radius 2 is 1.93 bits per heavy atom. The lowest BCUT2D eigenvalue weighted by Gasteiger charge is -2.41. The molecule has 4 atom stereocenters. The normalized spacial score (nSPS) is 25.4. The number of esters is 1. The van der Waals surface area contributed by atoms with E-state index in [0.29, 0.717) is 28.4 Å². The van der Waals surface area contributed by atoms with Crippen LogP contribution >= 0.6 is 23.2 Å². The van der Waals surface area contributed by atoms with Crippen molar-refractivity contribution in [3.05, 3.63) is 96.8 Å². The van der Waals surface area contributed by atoms with E-state index >= 15 is 4.39 Å². The van der Waals surface area contributed by atoms with Gasteiger partial charge in [-0.3, -0.25) is 24.6 Å². The van der Waals surface area contributed by atoms with Crippen molar-refractivity contribution in [2.45, 2.75) is 37.3 Å². The van der Waals surface area contributed by atoms with E-state index in [9.17, 15) is 24.5 Å². The standard InChI is InChI=1S/C32H27Cl2FN4O6/c1-15-10-23(24(39(43)44)12-19(15)30(41)45-2)37-14-25-26(29(37)40)27(18-4-3-5-21(34)28(18)35)32(38(25)13-16-6-7-16)20-9-8-17(33)11-22(20)36-31(32)42/h3-5,8-12,16,25-27H,6-7,13-14H2,1-2H3,(H,36,42)/t25-,26+,27-,32+/m0/s1. The minimum Gasteiger partial charge on any atom is -0.465 e. The molecule has 0 aromatic heterocycles. The number of hydrogen-bond donors (Lipinski definition) is 1. The molecule has 10 nitrogen and oxygen atoms in total. The Hall–Kier alpha value is -4.06. The number of fused-ring (bicyclic) bond motifs is 3. The SMILES string of the molecule is COC(=O)c1cc([N+](=O)[O-])c(N2C[C@H]3[C@@H](C2=O)[C@H](c2cccc(Cl)c2F)[C@]2(C(=O)Nc4cc(Cl)ccc42)N3CC2CC2)cc1C. The minimum atomic E-state index is -1.47. The number of rotatable bonds is 6. The van der Waals surface area contributed by atoms with Crippen LogP contribution in [0.25, 0.3) is 0 Å². The number of nitrogens with one attached hydrogen (secondary N) is 1. The minimum absolute atomic E-state index is 0.00467. The Labute approximate surface area is 267 Å². The van der Waals surface area contributed by atoms with Gasteiger partial charge in [0.2, 0.25) is 11.8 Å². The molecular weight excluding hydrogens is 626 g/mol. The zero-order valence-corrected chi connectivity index (χ0v) is 25.7. The van der Waals surface area contributed by atoms with Crippen LogP contribution in [-0.4, -0.2) is 53.8 Å². The fourth-order valence-electron chi connectivity index (χ4n) is 7.61. The zero-order chi connectivity index (χ0) is 31.9. The first kappa shape index (κ1) is 29.6. The first-order valence-electron chi connectivity index (χ1n) is 14.5. The van der Waals surface area contributed by atoms with Crippen molar-refractivity contribution in [3.63, 3.8) is 0 Å². The Kier molecular flexibility index (Phi) is 6.92. The summed E-state index contributed by atoms with van der Waals surface area (Å²) in [5.74, 6) is -4.12. The van der Waals surface area contributed by atoms with Gasteiger partial charge in [0.05, 0.1) is 28.5 Å². The van der Waals surface area contributed by atoms with Gasteiger partial charge in [0.1, 0.15) is 17.0 Å². The number of nitro groups is 1. The Morgan fingerprint density at radius 3 is 2.62 bits per heavy atom. The van der Waals surface area contributed by atoms with Crippen LogP contribution in [0.1, 0.15) is 45.8 Å². The lowest BCUT2D eigenvalue weighted by molar-refractivity contribution is -0.384. The highest BCUT2D eigenvalue weighted by Crippen LogP contribution is 2.62. The first-order valence-corrected chi connectivity index (χ1v) is 15.3. The van der Waals surface area contributed by atoms with Gasteiger partial charge in [-0.05, 0) is 61.1 Å². The second-order valence-corrected chi connectivity index (χ2v) is 12.9. The molecule has 232 valence electrons. The molecular formula is C32H27Cl2FN4O6. The van der Waals surface area contributed by atoms with E-state index in [1.54, 1.807) is 37.3 Å². The number of hydrogen-bond acceptors (Lipinski definition) is 7. The first-order chi connectivity index (χ1) is 21.5. The molecule has 7 rings (SSSR count). The maximum atomic E-state index is 16.1. The highest BCUT2D eigenvalue weighted by atomic mass is 35.5.